The molecule has 15 heavy (non-hydrogen) atoms. The van der Waals surface area contributed by atoms with Crippen LogP contribution in [0.1, 0.15) is 25.7 Å². The third-order valence-corrected chi connectivity index (χ3v) is 1.87. The Balaban J connectivity index is 3.60. The number of carboxylic acids is 1. The second-order valence-corrected chi connectivity index (χ2v) is 3.27. The van der Waals surface area contributed by atoms with Crippen LogP contribution in [0.5, 0.6) is 0 Å². The summed E-state index contributed by atoms with van der Waals surface area (Å²) in [5.41, 5.74) is 0. The fourth-order valence-corrected chi connectivity index (χ4v) is 1.05. The number of nitrogens with zero attached hydrogens (tertiary/aromatic N) is 1. The lowest BCUT2D eigenvalue weighted by Gasteiger charge is -2.16. The molecule has 0 spiro atoms. The first kappa shape index (κ1) is 13.8. The van der Waals surface area contributed by atoms with Gasteiger partial charge in [-0.2, -0.15) is 0 Å². The quantitative estimate of drug-likeness (QED) is 0.663. The van der Waals surface area contributed by atoms with E-state index in [0.717, 1.165) is 4.90 Å². The van der Waals surface area contributed by atoms with Crippen molar-refractivity contribution in [2.75, 3.05) is 13.6 Å². The minimum Gasteiger partial charge on any atom is -0.481 e. The van der Waals surface area contributed by atoms with Crippen molar-refractivity contribution in [1.82, 2.24) is 4.90 Å². The van der Waals surface area contributed by atoms with Gasteiger partial charge < -0.3 is 10.0 Å². The van der Waals surface area contributed by atoms with Gasteiger partial charge in [0.1, 0.15) is 0 Å². The molecule has 0 radical (unpaired) electrons. The molecule has 0 heterocycles. The Bertz CT molecular complexity index is 221. The van der Waals surface area contributed by atoms with Crippen molar-refractivity contribution in [2.24, 2.45) is 0 Å². The highest BCUT2D eigenvalue weighted by atomic mass is 19.3. The minimum atomic E-state index is -2.53. The van der Waals surface area contributed by atoms with Gasteiger partial charge in [-0.05, 0) is 12.8 Å². The fourth-order valence-electron chi connectivity index (χ4n) is 1.05. The molecule has 0 saturated heterocycles. The molecule has 0 unspecified atom stereocenters. The number of halogens is 2. The summed E-state index contributed by atoms with van der Waals surface area (Å²) >= 11 is 0. The number of unbranched alkanes of at least 4 members (excludes halogenated alkanes) is 1. The van der Waals surface area contributed by atoms with E-state index in [9.17, 15) is 18.4 Å². The van der Waals surface area contributed by atoms with Gasteiger partial charge in [0.2, 0.25) is 5.91 Å². The molecule has 0 aliphatic rings. The lowest BCUT2D eigenvalue weighted by molar-refractivity contribution is -0.137. The van der Waals surface area contributed by atoms with Gasteiger partial charge in [-0.3, -0.25) is 9.59 Å². The predicted molar refractivity (Wildman–Crippen MR) is 49.7 cm³/mol. The lowest BCUT2D eigenvalue weighted by Crippen LogP contribution is -2.31. The van der Waals surface area contributed by atoms with Crippen molar-refractivity contribution in [3.05, 3.63) is 0 Å². The van der Waals surface area contributed by atoms with Crippen LogP contribution in [0.3, 0.4) is 0 Å². The van der Waals surface area contributed by atoms with Crippen molar-refractivity contribution in [1.29, 1.82) is 0 Å². The van der Waals surface area contributed by atoms with Crippen LogP contribution in [-0.4, -0.2) is 41.9 Å². The topological polar surface area (TPSA) is 57.6 Å². The highest BCUT2D eigenvalue weighted by molar-refractivity contribution is 5.75. The summed E-state index contributed by atoms with van der Waals surface area (Å²) in [5.74, 6) is -1.29. The maximum Gasteiger partial charge on any atom is 0.303 e. The normalized spacial score (nSPS) is 10.4. The molecular formula is C9H15F2NO3. The van der Waals surface area contributed by atoms with Gasteiger partial charge in [-0.15, -0.1) is 0 Å². The molecule has 4 nitrogen and oxygen atoms in total. The third kappa shape index (κ3) is 7.84. The van der Waals surface area contributed by atoms with Gasteiger partial charge in [0, 0.05) is 19.9 Å². The van der Waals surface area contributed by atoms with Gasteiger partial charge >= 0.3 is 5.97 Å². The number of aliphatic carboxylic acids is 1. The van der Waals surface area contributed by atoms with Crippen LogP contribution in [0.2, 0.25) is 0 Å². The summed E-state index contributed by atoms with van der Waals surface area (Å²) in [5, 5.41) is 8.31. The maximum absolute atomic E-state index is 11.9. The number of amides is 1. The van der Waals surface area contributed by atoms with Crippen LogP contribution < -0.4 is 0 Å². The molecule has 0 fully saturated rings. The fraction of sp³-hybridized carbons (Fsp3) is 0.778. The van der Waals surface area contributed by atoms with Crippen molar-refractivity contribution in [3.63, 3.8) is 0 Å². The van der Waals surface area contributed by atoms with E-state index in [1.54, 1.807) is 0 Å². The number of hydrogen-bond acceptors (Lipinski definition) is 2. The molecule has 1 amide bonds. The molecule has 1 N–H and O–H groups in total. The molecule has 0 rings (SSSR count). The summed E-state index contributed by atoms with van der Waals surface area (Å²) in [6.45, 7) is -0.572. The van der Waals surface area contributed by atoms with Crippen LogP contribution in [0.4, 0.5) is 8.78 Å². The SMILES string of the molecule is CN(CC(F)F)C(=O)CCCCC(=O)O. The molecule has 0 aliphatic carbocycles. The number of alkyl halides is 2. The number of carbonyl (C=O) groups excluding carboxylic acids is 1. The van der Waals surface area contributed by atoms with E-state index in [1.807, 2.05) is 0 Å². The van der Waals surface area contributed by atoms with E-state index >= 15 is 0 Å². The Morgan fingerprint density at radius 1 is 1.27 bits per heavy atom. The third-order valence-electron chi connectivity index (χ3n) is 1.87. The number of carboxylic acid groups (broad SMARTS) is 1. The van der Waals surface area contributed by atoms with E-state index < -0.39 is 18.9 Å². The summed E-state index contributed by atoms with van der Waals surface area (Å²) in [7, 11) is 1.31. The highest BCUT2D eigenvalue weighted by Crippen LogP contribution is 2.04. The van der Waals surface area contributed by atoms with E-state index in [-0.39, 0.29) is 18.7 Å². The Hall–Kier alpha value is -1.20. The molecule has 0 aromatic rings. The van der Waals surface area contributed by atoms with Crippen molar-refractivity contribution in [2.45, 2.75) is 32.1 Å². The largest absolute Gasteiger partial charge is 0.481 e. The second-order valence-electron chi connectivity index (χ2n) is 3.27. The van der Waals surface area contributed by atoms with E-state index in [4.69, 9.17) is 5.11 Å². The molecule has 6 heteroatoms. The molecule has 0 saturated carbocycles. The molecule has 0 aromatic carbocycles. The highest BCUT2D eigenvalue weighted by Gasteiger charge is 2.13. The van der Waals surface area contributed by atoms with E-state index in [0.29, 0.717) is 12.8 Å². The second kappa shape index (κ2) is 7.14. The van der Waals surface area contributed by atoms with E-state index in [2.05, 4.69) is 0 Å². The van der Waals surface area contributed by atoms with E-state index in [1.165, 1.54) is 7.05 Å². The predicted octanol–water partition coefficient (Wildman–Crippen LogP) is 1.35. The summed E-state index contributed by atoms with van der Waals surface area (Å²) in [4.78, 5) is 22.3. The first-order valence-corrected chi connectivity index (χ1v) is 4.67. The number of rotatable bonds is 7. The van der Waals surface area contributed by atoms with Crippen LogP contribution >= 0.6 is 0 Å². The monoisotopic (exact) mass is 223 g/mol. The van der Waals surface area contributed by atoms with Crippen molar-refractivity contribution >= 4 is 11.9 Å². The molecule has 0 bridgehead atoms. The van der Waals surface area contributed by atoms with Gasteiger partial charge in [-0.25, -0.2) is 8.78 Å². The Morgan fingerprint density at radius 2 is 1.80 bits per heavy atom. The average Bonchev–Trinajstić information content (AvgIpc) is 2.10. The number of hydrogen-bond donors (Lipinski definition) is 1. The van der Waals surface area contributed by atoms with Gasteiger partial charge in [-0.1, -0.05) is 0 Å². The van der Waals surface area contributed by atoms with Crippen LogP contribution in [-0.2, 0) is 9.59 Å². The Labute approximate surface area is 86.9 Å². The zero-order chi connectivity index (χ0) is 11.8. The van der Waals surface area contributed by atoms with Gasteiger partial charge in [0.05, 0.1) is 6.54 Å². The Kier molecular flexibility index (Phi) is 6.57. The molecular weight excluding hydrogens is 208 g/mol. The zero-order valence-electron chi connectivity index (χ0n) is 8.58. The van der Waals surface area contributed by atoms with Crippen molar-refractivity contribution < 1.29 is 23.5 Å². The smallest absolute Gasteiger partial charge is 0.303 e. The summed E-state index contributed by atoms with van der Waals surface area (Å²) in [6, 6.07) is 0. The maximum atomic E-state index is 11.9. The lowest BCUT2D eigenvalue weighted by atomic mass is 10.2. The molecule has 88 valence electrons. The molecule has 0 aromatic heterocycles. The number of carbonyl (C=O) groups is 2. The van der Waals surface area contributed by atoms with Crippen LogP contribution in [0.15, 0.2) is 0 Å². The molecule has 0 aliphatic heterocycles. The standard InChI is InChI=1S/C9H15F2NO3/c1-12(6-7(10)11)8(13)4-2-3-5-9(14)15/h7H,2-6H2,1H3,(H,14,15). The van der Waals surface area contributed by atoms with Gasteiger partial charge in [0.25, 0.3) is 6.43 Å². The van der Waals surface area contributed by atoms with Crippen molar-refractivity contribution in [3.8, 4) is 0 Å². The van der Waals surface area contributed by atoms with Crippen LogP contribution in [0, 0.1) is 0 Å². The average molecular weight is 223 g/mol. The first-order valence-electron chi connectivity index (χ1n) is 4.67. The Morgan fingerprint density at radius 3 is 2.27 bits per heavy atom. The summed E-state index contributed by atoms with van der Waals surface area (Å²) in [6.07, 6.45) is -1.59. The van der Waals surface area contributed by atoms with Crippen LogP contribution in [0.25, 0.3) is 0 Å². The minimum absolute atomic E-state index is 0.00580. The zero-order valence-corrected chi connectivity index (χ0v) is 8.58. The first-order chi connectivity index (χ1) is 6.93. The molecule has 0 atom stereocenters. The van der Waals surface area contributed by atoms with Gasteiger partial charge in [0.15, 0.2) is 0 Å². The summed E-state index contributed by atoms with van der Waals surface area (Å²) < 4.78 is 23.7.